The van der Waals surface area contributed by atoms with E-state index in [0.29, 0.717) is 17.0 Å². The number of hydrogen-bond donors (Lipinski definition) is 2. The maximum atomic E-state index is 12.4. The molecule has 4 rings (SSSR count). The van der Waals surface area contributed by atoms with E-state index in [1.807, 2.05) is 18.2 Å². The van der Waals surface area contributed by atoms with E-state index in [0.717, 1.165) is 41.3 Å². The Bertz CT molecular complexity index is 1040. The van der Waals surface area contributed by atoms with Gasteiger partial charge in [-0.1, -0.05) is 12.1 Å². The molecule has 1 heterocycles. The minimum Gasteiger partial charge on any atom is -0.497 e. The van der Waals surface area contributed by atoms with Gasteiger partial charge in [0.15, 0.2) is 0 Å². The highest BCUT2D eigenvalue weighted by Gasteiger charge is 2.18. The Morgan fingerprint density at radius 2 is 1.96 bits per heavy atom. The molecule has 0 aliphatic heterocycles. The molecule has 2 N–H and O–H groups in total. The lowest BCUT2D eigenvalue weighted by molar-refractivity contribution is 0.102. The first-order chi connectivity index (χ1) is 12.2. The van der Waals surface area contributed by atoms with Crippen molar-refractivity contribution in [2.24, 2.45) is 0 Å². The molecule has 0 radical (unpaired) electrons. The van der Waals surface area contributed by atoms with Crippen LogP contribution in [0.25, 0.3) is 10.9 Å². The van der Waals surface area contributed by atoms with Crippen LogP contribution in [0.15, 0.2) is 47.3 Å². The highest BCUT2D eigenvalue weighted by Crippen LogP contribution is 2.28. The van der Waals surface area contributed by atoms with Gasteiger partial charge < -0.3 is 15.0 Å². The minimum absolute atomic E-state index is 0.0173. The zero-order chi connectivity index (χ0) is 17.4. The van der Waals surface area contributed by atoms with Crippen LogP contribution in [0.3, 0.4) is 0 Å². The molecule has 0 atom stereocenters. The van der Waals surface area contributed by atoms with Gasteiger partial charge in [0.2, 0.25) is 0 Å². The van der Waals surface area contributed by atoms with Gasteiger partial charge >= 0.3 is 0 Å². The number of hydrogen-bond acceptors (Lipinski definition) is 3. The number of methoxy groups -OCH3 is 1. The number of carbonyl (C=O) groups is 1. The number of aromatic nitrogens is 1. The van der Waals surface area contributed by atoms with Crippen molar-refractivity contribution in [3.05, 3.63) is 69.5 Å². The van der Waals surface area contributed by atoms with Gasteiger partial charge in [-0.3, -0.25) is 9.59 Å². The number of amides is 1. The summed E-state index contributed by atoms with van der Waals surface area (Å²) in [6.45, 7) is 0. The average molecular weight is 334 g/mol. The second kappa shape index (κ2) is 6.09. The van der Waals surface area contributed by atoms with Crippen LogP contribution in [0.5, 0.6) is 5.75 Å². The van der Waals surface area contributed by atoms with Crippen molar-refractivity contribution in [2.75, 3.05) is 12.4 Å². The molecule has 0 unspecified atom stereocenters. The molecule has 1 aliphatic carbocycles. The zero-order valence-electron chi connectivity index (χ0n) is 13.9. The number of pyridine rings is 1. The summed E-state index contributed by atoms with van der Waals surface area (Å²) in [5.41, 5.74) is 3.95. The predicted octanol–water partition coefficient (Wildman–Crippen LogP) is 3.28. The lowest BCUT2D eigenvalue weighted by atomic mass is 10.1. The number of benzene rings is 2. The van der Waals surface area contributed by atoms with Gasteiger partial charge in [-0.25, -0.2) is 0 Å². The van der Waals surface area contributed by atoms with Crippen molar-refractivity contribution in [2.45, 2.75) is 19.3 Å². The van der Waals surface area contributed by atoms with Gasteiger partial charge in [0, 0.05) is 22.2 Å². The topological polar surface area (TPSA) is 71.2 Å². The Balaban J connectivity index is 1.67. The number of fused-ring (bicyclic) bond motifs is 3. The first kappa shape index (κ1) is 15.4. The highest BCUT2D eigenvalue weighted by atomic mass is 16.5. The van der Waals surface area contributed by atoms with Crippen LogP contribution >= 0.6 is 0 Å². The number of rotatable bonds is 3. The quantitative estimate of drug-likeness (QED) is 0.772. The number of aryl methyl sites for hydroxylation is 1. The lowest BCUT2D eigenvalue weighted by Crippen LogP contribution is -2.14. The number of nitrogens with one attached hydrogen (secondary N) is 2. The molecule has 5 nitrogen and oxygen atoms in total. The summed E-state index contributed by atoms with van der Waals surface area (Å²) in [4.78, 5) is 27.6. The molecule has 3 aromatic rings. The Labute approximate surface area is 144 Å². The van der Waals surface area contributed by atoms with Crippen LogP contribution in [0.2, 0.25) is 0 Å². The molecule has 126 valence electrons. The Hall–Kier alpha value is -3.08. The molecule has 1 aliphatic rings. The summed E-state index contributed by atoms with van der Waals surface area (Å²) in [6.07, 6.45) is 2.80. The van der Waals surface area contributed by atoms with Gasteiger partial charge in [0.1, 0.15) is 5.75 Å². The molecular weight excluding hydrogens is 316 g/mol. The van der Waals surface area contributed by atoms with Crippen LogP contribution in [0, 0.1) is 0 Å². The van der Waals surface area contributed by atoms with Gasteiger partial charge in [0.05, 0.1) is 12.6 Å². The standard InChI is InChI=1S/C20H18N2O3/c1-25-14-5-2-4-12(10-14)19(23)21-13-8-9-16-15-6-3-7-17(15)20(24)22-18(16)11-13/h2,4-5,8-11H,3,6-7H2,1H3,(H,21,23)(H,22,24). The Kier molecular flexibility index (Phi) is 3.76. The summed E-state index contributed by atoms with van der Waals surface area (Å²) in [5, 5.41) is 3.93. The van der Waals surface area contributed by atoms with E-state index in [1.54, 1.807) is 31.4 Å². The molecule has 25 heavy (non-hydrogen) atoms. The van der Waals surface area contributed by atoms with Crippen molar-refractivity contribution in [1.29, 1.82) is 0 Å². The maximum Gasteiger partial charge on any atom is 0.255 e. The third kappa shape index (κ3) is 2.78. The molecule has 0 spiro atoms. The van der Waals surface area contributed by atoms with Crippen LogP contribution in [-0.4, -0.2) is 18.0 Å². The van der Waals surface area contributed by atoms with Gasteiger partial charge in [0.25, 0.3) is 11.5 Å². The van der Waals surface area contributed by atoms with Gasteiger partial charge in [-0.15, -0.1) is 0 Å². The summed E-state index contributed by atoms with van der Waals surface area (Å²) in [7, 11) is 1.56. The number of H-pyrrole nitrogens is 1. The summed E-state index contributed by atoms with van der Waals surface area (Å²) in [6, 6.07) is 12.6. The summed E-state index contributed by atoms with van der Waals surface area (Å²) in [5.74, 6) is 0.410. The highest BCUT2D eigenvalue weighted by molar-refractivity contribution is 6.05. The van der Waals surface area contributed by atoms with Crippen LogP contribution in [0.4, 0.5) is 5.69 Å². The van der Waals surface area contributed by atoms with E-state index in [-0.39, 0.29) is 11.5 Å². The summed E-state index contributed by atoms with van der Waals surface area (Å²) >= 11 is 0. The second-order valence-electron chi connectivity index (χ2n) is 6.21. The van der Waals surface area contributed by atoms with Gasteiger partial charge in [-0.2, -0.15) is 0 Å². The predicted molar refractivity (Wildman–Crippen MR) is 97.5 cm³/mol. The smallest absolute Gasteiger partial charge is 0.255 e. The van der Waals surface area contributed by atoms with E-state index in [1.165, 1.54) is 0 Å². The molecular formula is C20H18N2O3. The van der Waals surface area contributed by atoms with Crippen LogP contribution in [0.1, 0.15) is 27.9 Å². The van der Waals surface area contributed by atoms with E-state index >= 15 is 0 Å². The Morgan fingerprint density at radius 3 is 2.80 bits per heavy atom. The van der Waals surface area contributed by atoms with E-state index in [9.17, 15) is 9.59 Å². The SMILES string of the molecule is COc1cccc(C(=O)Nc2ccc3c4c(c(=O)[nH]c3c2)CCC4)c1. The number of ether oxygens (including phenoxy) is 1. The fourth-order valence-electron chi connectivity index (χ4n) is 3.45. The largest absolute Gasteiger partial charge is 0.497 e. The molecule has 0 fully saturated rings. The van der Waals surface area contributed by atoms with E-state index < -0.39 is 0 Å². The monoisotopic (exact) mass is 334 g/mol. The van der Waals surface area contributed by atoms with Crippen molar-refractivity contribution in [1.82, 2.24) is 4.98 Å². The first-order valence-electron chi connectivity index (χ1n) is 8.29. The molecule has 2 aromatic carbocycles. The number of aromatic amines is 1. The maximum absolute atomic E-state index is 12.4. The summed E-state index contributed by atoms with van der Waals surface area (Å²) < 4.78 is 5.15. The van der Waals surface area contributed by atoms with Crippen molar-refractivity contribution in [3.8, 4) is 5.75 Å². The van der Waals surface area contributed by atoms with Crippen molar-refractivity contribution < 1.29 is 9.53 Å². The molecule has 0 saturated carbocycles. The fraction of sp³-hybridized carbons (Fsp3) is 0.200. The Morgan fingerprint density at radius 1 is 1.12 bits per heavy atom. The van der Waals surface area contributed by atoms with E-state index in [2.05, 4.69) is 10.3 Å². The van der Waals surface area contributed by atoms with Gasteiger partial charge in [-0.05, 0) is 55.2 Å². The van der Waals surface area contributed by atoms with Crippen molar-refractivity contribution in [3.63, 3.8) is 0 Å². The molecule has 5 heteroatoms. The third-order valence-electron chi connectivity index (χ3n) is 4.67. The molecule has 1 aromatic heterocycles. The second-order valence-corrected chi connectivity index (χ2v) is 6.21. The third-order valence-corrected chi connectivity index (χ3v) is 4.67. The van der Waals surface area contributed by atoms with E-state index in [4.69, 9.17) is 4.74 Å². The zero-order valence-corrected chi connectivity index (χ0v) is 13.9. The number of anilines is 1. The average Bonchev–Trinajstić information content (AvgIpc) is 3.12. The lowest BCUT2D eigenvalue weighted by Gasteiger charge is -2.09. The minimum atomic E-state index is -0.221. The van der Waals surface area contributed by atoms with Crippen LogP contribution in [-0.2, 0) is 12.8 Å². The molecule has 0 bridgehead atoms. The number of carbonyl (C=O) groups excluding carboxylic acids is 1. The van der Waals surface area contributed by atoms with Crippen molar-refractivity contribution >= 4 is 22.5 Å². The molecule has 0 saturated heterocycles. The fourth-order valence-corrected chi connectivity index (χ4v) is 3.45. The normalized spacial score (nSPS) is 12.8. The van der Waals surface area contributed by atoms with Crippen LogP contribution < -0.4 is 15.6 Å². The molecule has 1 amide bonds. The first-order valence-corrected chi connectivity index (χ1v) is 8.29.